The summed E-state index contributed by atoms with van der Waals surface area (Å²) in [6.07, 6.45) is 2.33. The third kappa shape index (κ3) is 8.92. The lowest BCUT2D eigenvalue weighted by Crippen LogP contribution is -2.54. The minimum absolute atomic E-state index is 0.00495. The lowest BCUT2D eigenvalue weighted by Gasteiger charge is -2.43. The molecule has 350 valence electrons. The summed E-state index contributed by atoms with van der Waals surface area (Å²) in [5.74, 6) is -3.96. The van der Waals surface area contributed by atoms with E-state index in [1.165, 1.54) is 12.3 Å². The number of aryl methyl sites for hydroxylation is 1. The summed E-state index contributed by atoms with van der Waals surface area (Å²) in [4.78, 5) is 79.8. The number of aromatic nitrogens is 6. The predicted octanol–water partition coefficient (Wildman–Crippen LogP) is 4.46. The Morgan fingerprint density at radius 3 is 2.28 bits per heavy atom. The standard InChI is InChI=1S/C46H48F4N12O5/c1-26-18-28(5-7-35(26)61-25-29(22-53-61)40(64)52-23-38-54-44(57-56-38)45(2,3)46(48,49)50)34-6-4-27(21-51-34)24-58-12-10-30(11-13-58)59-14-16-60(17-15-59)37-20-32-31(19-33(37)47)42(66)62(43(32)67)36-8-9-39(63)55-41(36)65/h4-7,18-22,25,30,36H,8-17,23-24H2,1-3H3,(H,52,64)(H,54,56,57)(H,55,63,65). The van der Waals surface area contributed by atoms with Gasteiger partial charge in [0.15, 0.2) is 5.82 Å². The summed E-state index contributed by atoms with van der Waals surface area (Å²) in [6.45, 7) is 8.88. The van der Waals surface area contributed by atoms with E-state index in [0.29, 0.717) is 32.2 Å². The molecule has 1 atom stereocenters. The van der Waals surface area contributed by atoms with Crippen molar-refractivity contribution >= 4 is 35.2 Å². The first-order valence-corrected chi connectivity index (χ1v) is 22.1. The van der Waals surface area contributed by atoms with E-state index in [2.05, 4.69) is 46.8 Å². The number of rotatable bonds is 11. The van der Waals surface area contributed by atoms with Crippen LogP contribution in [0.5, 0.6) is 0 Å². The van der Waals surface area contributed by atoms with E-state index in [1.54, 1.807) is 10.9 Å². The molecule has 4 aliphatic rings. The highest BCUT2D eigenvalue weighted by molar-refractivity contribution is 6.23. The van der Waals surface area contributed by atoms with Crippen molar-refractivity contribution in [2.45, 2.75) is 83.2 Å². The second-order valence-electron chi connectivity index (χ2n) is 18.0. The number of amides is 5. The molecule has 3 aromatic heterocycles. The number of hydrogen-bond donors (Lipinski definition) is 3. The first-order chi connectivity index (χ1) is 31.9. The molecule has 0 spiro atoms. The highest BCUT2D eigenvalue weighted by Crippen LogP contribution is 2.39. The molecule has 17 nitrogen and oxygen atoms in total. The molecule has 3 N–H and O–H groups in total. The predicted molar refractivity (Wildman–Crippen MR) is 233 cm³/mol. The van der Waals surface area contributed by atoms with Gasteiger partial charge in [0.1, 0.15) is 23.1 Å². The fourth-order valence-corrected chi connectivity index (χ4v) is 9.13. The second kappa shape index (κ2) is 17.7. The number of anilines is 1. The Bertz CT molecular complexity index is 2750. The minimum atomic E-state index is -4.54. The molecular weight excluding hydrogens is 877 g/mol. The van der Waals surface area contributed by atoms with Crippen molar-refractivity contribution in [1.29, 1.82) is 0 Å². The molecule has 5 aromatic rings. The Kier molecular flexibility index (Phi) is 12.0. The van der Waals surface area contributed by atoms with Gasteiger partial charge in [-0.25, -0.2) is 14.1 Å². The van der Waals surface area contributed by atoms with Crippen LogP contribution < -0.4 is 15.5 Å². The Morgan fingerprint density at radius 2 is 1.61 bits per heavy atom. The number of aromatic amines is 1. The lowest BCUT2D eigenvalue weighted by molar-refractivity contribution is -0.182. The molecule has 2 aromatic carbocycles. The molecule has 0 saturated carbocycles. The van der Waals surface area contributed by atoms with Crippen LogP contribution in [0.1, 0.15) is 93.4 Å². The first-order valence-electron chi connectivity index (χ1n) is 22.1. The zero-order valence-electron chi connectivity index (χ0n) is 37.0. The van der Waals surface area contributed by atoms with E-state index in [4.69, 9.17) is 4.98 Å². The van der Waals surface area contributed by atoms with Gasteiger partial charge in [0.05, 0.1) is 46.5 Å². The molecule has 0 radical (unpaired) electrons. The highest BCUT2D eigenvalue weighted by Gasteiger charge is 2.51. The molecule has 3 fully saturated rings. The topological polar surface area (TPSA) is 195 Å². The van der Waals surface area contributed by atoms with Crippen LogP contribution in [-0.2, 0) is 28.1 Å². The number of carbonyl (C=O) groups is 5. The third-order valence-electron chi connectivity index (χ3n) is 13.3. The number of piperidine rings is 2. The van der Waals surface area contributed by atoms with Crippen LogP contribution >= 0.6 is 0 Å². The summed E-state index contributed by atoms with van der Waals surface area (Å²) < 4.78 is 57.3. The van der Waals surface area contributed by atoms with Gasteiger partial charge in [-0.1, -0.05) is 12.1 Å². The molecule has 0 bridgehead atoms. The van der Waals surface area contributed by atoms with Gasteiger partial charge in [0.2, 0.25) is 11.8 Å². The zero-order chi connectivity index (χ0) is 47.4. The van der Waals surface area contributed by atoms with Gasteiger partial charge in [-0.15, -0.1) is 0 Å². The van der Waals surface area contributed by atoms with Crippen molar-refractivity contribution in [3.63, 3.8) is 0 Å². The Balaban J connectivity index is 0.736. The Labute approximate surface area is 381 Å². The summed E-state index contributed by atoms with van der Waals surface area (Å²) >= 11 is 0. The Hall–Kier alpha value is -6.87. The number of alkyl halides is 3. The van der Waals surface area contributed by atoms with E-state index in [-0.39, 0.29) is 47.6 Å². The molecule has 21 heteroatoms. The molecule has 5 amide bonds. The maximum Gasteiger partial charge on any atom is 0.401 e. The molecule has 67 heavy (non-hydrogen) atoms. The van der Waals surface area contributed by atoms with Gasteiger partial charge in [-0.2, -0.15) is 23.4 Å². The number of imide groups is 2. The number of hydrogen-bond acceptors (Lipinski definition) is 12. The van der Waals surface area contributed by atoms with E-state index in [9.17, 15) is 37.1 Å². The maximum atomic E-state index is 15.5. The summed E-state index contributed by atoms with van der Waals surface area (Å²) in [5.41, 5.74) is 2.71. The van der Waals surface area contributed by atoms with Crippen molar-refractivity contribution in [3.05, 3.63) is 106 Å². The largest absolute Gasteiger partial charge is 0.401 e. The second-order valence-corrected chi connectivity index (χ2v) is 18.0. The van der Waals surface area contributed by atoms with Gasteiger partial charge in [0.25, 0.3) is 17.7 Å². The molecular formula is C46H48F4N12O5. The monoisotopic (exact) mass is 924 g/mol. The Morgan fingerprint density at radius 1 is 0.881 bits per heavy atom. The smallest absolute Gasteiger partial charge is 0.367 e. The van der Waals surface area contributed by atoms with Crippen LogP contribution in [0.2, 0.25) is 0 Å². The normalized spacial score (nSPS) is 19.0. The lowest BCUT2D eigenvalue weighted by atomic mass is 9.92. The van der Waals surface area contributed by atoms with Crippen LogP contribution in [-0.4, -0.2) is 132 Å². The number of likely N-dealkylation sites (tertiary alicyclic amines) is 1. The number of fused-ring (bicyclic) bond motifs is 1. The number of carbonyl (C=O) groups excluding carboxylic acids is 5. The van der Waals surface area contributed by atoms with Crippen molar-refractivity contribution in [1.82, 2.24) is 55.3 Å². The van der Waals surface area contributed by atoms with Crippen molar-refractivity contribution < 1.29 is 41.5 Å². The minimum Gasteiger partial charge on any atom is -0.367 e. The molecule has 3 saturated heterocycles. The zero-order valence-corrected chi connectivity index (χ0v) is 37.0. The number of halogens is 4. The fraction of sp³-hybridized carbons (Fsp3) is 0.413. The van der Waals surface area contributed by atoms with Gasteiger partial charge >= 0.3 is 6.18 Å². The van der Waals surface area contributed by atoms with Crippen molar-refractivity contribution in [2.75, 3.05) is 44.2 Å². The maximum absolute atomic E-state index is 15.5. The van der Waals surface area contributed by atoms with E-state index in [0.717, 1.165) is 85.4 Å². The van der Waals surface area contributed by atoms with Gasteiger partial charge in [0, 0.05) is 63.1 Å². The highest BCUT2D eigenvalue weighted by atomic mass is 19.4. The molecule has 0 aliphatic carbocycles. The summed E-state index contributed by atoms with van der Waals surface area (Å²) in [5, 5.41) is 15.3. The van der Waals surface area contributed by atoms with Gasteiger partial charge in [-0.3, -0.25) is 54.1 Å². The van der Waals surface area contributed by atoms with Crippen molar-refractivity contribution in [3.8, 4) is 16.9 Å². The fourth-order valence-electron chi connectivity index (χ4n) is 9.13. The molecule has 1 unspecified atom stereocenters. The molecule has 9 rings (SSSR count). The molecule has 7 heterocycles. The first kappa shape index (κ1) is 45.3. The number of benzene rings is 2. The van der Waals surface area contributed by atoms with Crippen LogP contribution in [0.15, 0.2) is 61.1 Å². The van der Waals surface area contributed by atoms with Gasteiger partial charge in [-0.05, 0) is 94.6 Å². The SMILES string of the molecule is Cc1cc(-c2ccc(CN3CCC(N4CCN(c5cc6c(cc5F)C(=O)N(C5CCC(=O)NC5=O)C6=O)CC4)CC3)cn2)ccc1-n1cc(C(=O)NCc2nc(C(C)(C)C(F)(F)F)n[nH]2)cn1. The molecule has 4 aliphatic heterocycles. The average molecular weight is 925 g/mol. The number of H-pyrrole nitrogens is 1. The van der Waals surface area contributed by atoms with E-state index >= 15 is 4.39 Å². The van der Waals surface area contributed by atoms with Crippen LogP contribution in [0, 0.1) is 12.7 Å². The summed E-state index contributed by atoms with van der Waals surface area (Å²) in [7, 11) is 0. The average Bonchev–Trinajstić information content (AvgIpc) is 4.05. The number of nitrogens with one attached hydrogen (secondary N) is 3. The number of pyridine rings is 1. The van der Waals surface area contributed by atoms with Crippen molar-refractivity contribution in [2.24, 2.45) is 0 Å². The number of piperazine rings is 1. The quantitative estimate of drug-likeness (QED) is 0.125. The third-order valence-corrected chi connectivity index (χ3v) is 13.3. The van der Waals surface area contributed by atoms with E-state index < -0.39 is 58.8 Å². The van der Waals surface area contributed by atoms with E-state index in [1.807, 2.05) is 42.3 Å². The summed E-state index contributed by atoms with van der Waals surface area (Å²) in [6, 6.07) is 11.7. The van der Waals surface area contributed by atoms with Crippen LogP contribution in [0.3, 0.4) is 0 Å². The van der Waals surface area contributed by atoms with Crippen LogP contribution in [0.25, 0.3) is 16.9 Å². The van der Waals surface area contributed by atoms with Crippen LogP contribution in [0.4, 0.5) is 23.2 Å². The van der Waals surface area contributed by atoms with Gasteiger partial charge < -0.3 is 10.2 Å². The number of nitrogens with zero attached hydrogens (tertiary/aromatic N) is 9.